The molecule has 0 aromatic heterocycles. The largest absolute Gasteiger partial charge is 0.448 e. The quantitative estimate of drug-likeness (QED) is 0.227. The van der Waals surface area contributed by atoms with Crippen molar-refractivity contribution in [3.63, 3.8) is 0 Å². The Balaban J connectivity index is 1.93. The Morgan fingerprint density at radius 1 is 1.52 bits per heavy atom. The molecule has 0 radical (unpaired) electrons. The minimum absolute atomic E-state index is 0.0264. The number of hydrogen-bond acceptors (Lipinski definition) is 12. The molecular formula is C10H19N7O7S. The summed E-state index contributed by atoms with van der Waals surface area (Å²) in [6.07, 6.45) is -4.70. The van der Waals surface area contributed by atoms with Crippen LogP contribution in [0.1, 0.15) is 0 Å². The molecule has 3 rings (SSSR count). The van der Waals surface area contributed by atoms with Crippen LogP contribution in [0, 0.1) is 0 Å². The van der Waals surface area contributed by atoms with Gasteiger partial charge in [0.05, 0.1) is 6.04 Å². The number of nitrogens with zero attached hydrogens (tertiary/aromatic N) is 2. The van der Waals surface area contributed by atoms with Crippen LogP contribution < -0.4 is 27.8 Å². The van der Waals surface area contributed by atoms with Gasteiger partial charge in [0, 0.05) is 6.54 Å². The van der Waals surface area contributed by atoms with Gasteiger partial charge in [0.25, 0.3) is 0 Å². The van der Waals surface area contributed by atoms with Crippen molar-refractivity contribution in [2.75, 3.05) is 13.2 Å². The number of nitrogens with one attached hydrogen (secondary N) is 2. The number of ether oxygens (including phenoxy) is 1. The van der Waals surface area contributed by atoms with Crippen LogP contribution in [0.5, 0.6) is 0 Å². The average molecular weight is 381 g/mol. The third kappa shape index (κ3) is 2.99. The molecule has 0 aliphatic carbocycles. The van der Waals surface area contributed by atoms with Gasteiger partial charge < -0.3 is 32.4 Å². The first-order valence-corrected chi connectivity index (χ1v) is 8.57. The molecule has 14 nitrogen and oxygen atoms in total. The van der Waals surface area contributed by atoms with Gasteiger partial charge in [-0.25, -0.2) is 18.9 Å². The second-order valence-corrected chi connectivity index (χ2v) is 6.97. The fourth-order valence-corrected chi connectivity index (χ4v) is 4.12. The number of aliphatic hydroxyl groups excluding tert-OH is 1. The number of rotatable bonds is 4. The Morgan fingerprint density at radius 3 is 2.80 bits per heavy atom. The van der Waals surface area contributed by atoms with Gasteiger partial charge >= 0.3 is 16.5 Å². The first-order valence-electron chi connectivity index (χ1n) is 7.20. The van der Waals surface area contributed by atoms with Gasteiger partial charge in [0.1, 0.15) is 36.8 Å². The predicted molar refractivity (Wildman–Crippen MR) is 80.8 cm³/mol. The lowest BCUT2D eigenvalue weighted by Crippen LogP contribution is -2.80. The summed E-state index contributed by atoms with van der Waals surface area (Å²) in [4.78, 5) is 16.5. The predicted octanol–water partition coefficient (Wildman–Crippen LogP) is -4.86. The summed E-state index contributed by atoms with van der Waals surface area (Å²) >= 11 is 0. The molecule has 3 aliphatic heterocycles. The van der Waals surface area contributed by atoms with E-state index in [1.807, 2.05) is 0 Å². The van der Waals surface area contributed by atoms with Gasteiger partial charge in [0.15, 0.2) is 5.96 Å². The number of primary amides is 1. The van der Waals surface area contributed by atoms with E-state index in [-0.39, 0.29) is 19.1 Å². The van der Waals surface area contributed by atoms with Crippen LogP contribution in [0.2, 0.25) is 0 Å². The second kappa shape index (κ2) is 5.90. The van der Waals surface area contributed by atoms with E-state index < -0.39 is 52.7 Å². The molecule has 1 amide bonds. The van der Waals surface area contributed by atoms with E-state index in [0.29, 0.717) is 0 Å². The van der Waals surface area contributed by atoms with Crippen LogP contribution in [-0.4, -0.2) is 84.4 Å². The summed E-state index contributed by atoms with van der Waals surface area (Å²) in [5, 5.41) is 16.4. The smallest absolute Gasteiger partial charge is 0.404 e. The highest BCUT2D eigenvalue weighted by Gasteiger charge is 2.67. The molecule has 3 heterocycles. The summed E-state index contributed by atoms with van der Waals surface area (Å²) in [7, 11) is -4.81. The zero-order valence-corrected chi connectivity index (χ0v) is 13.6. The van der Waals surface area contributed by atoms with E-state index in [1.54, 1.807) is 0 Å². The van der Waals surface area contributed by atoms with Crippen molar-refractivity contribution in [1.82, 2.24) is 15.5 Å². The number of amides is 1. The molecule has 142 valence electrons. The monoisotopic (exact) mass is 381 g/mol. The van der Waals surface area contributed by atoms with Gasteiger partial charge in [-0.2, -0.15) is 8.42 Å². The van der Waals surface area contributed by atoms with E-state index >= 15 is 0 Å². The molecule has 0 saturated carbocycles. The zero-order valence-electron chi connectivity index (χ0n) is 12.8. The van der Waals surface area contributed by atoms with Gasteiger partial charge in [0.2, 0.25) is 0 Å². The van der Waals surface area contributed by atoms with E-state index in [1.165, 1.54) is 4.90 Å². The summed E-state index contributed by atoms with van der Waals surface area (Å²) in [6, 6.07) is -1.48. The van der Waals surface area contributed by atoms with Gasteiger partial charge in [-0.05, 0) is 0 Å². The molecule has 0 aromatic rings. The van der Waals surface area contributed by atoms with Crippen LogP contribution in [0.3, 0.4) is 0 Å². The Labute approximate surface area is 142 Å². The SMILES string of the molecule is NC(=O)OC[C@@H]1NC(N)N2C[C@H](OS(=O)(=O)O)[C@@H](O)[C@@]23NC(N)=N[C@H]13. The fourth-order valence-electron chi connectivity index (χ4n) is 3.64. The highest BCUT2D eigenvalue weighted by Crippen LogP contribution is 2.40. The third-order valence-electron chi connectivity index (χ3n) is 4.46. The molecule has 1 unspecified atom stereocenters. The lowest BCUT2D eigenvalue weighted by atomic mass is 9.87. The number of carbonyl (C=O) groups excluding carboxylic acids is 1. The maximum absolute atomic E-state index is 11.0. The zero-order chi connectivity index (χ0) is 18.6. The molecule has 10 N–H and O–H groups in total. The molecule has 3 aliphatic rings. The Hall–Kier alpha value is -1.75. The molecular weight excluding hydrogens is 362 g/mol. The first-order chi connectivity index (χ1) is 11.5. The summed E-state index contributed by atoms with van der Waals surface area (Å²) < 4.78 is 40.3. The maximum Gasteiger partial charge on any atom is 0.404 e. The Bertz CT molecular complexity index is 702. The summed E-state index contributed by atoms with van der Waals surface area (Å²) in [6.45, 7) is -0.358. The van der Waals surface area contributed by atoms with Gasteiger partial charge in [-0.3, -0.25) is 9.87 Å². The third-order valence-corrected chi connectivity index (χ3v) is 4.95. The molecule has 1 spiro atoms. The van der Waals surface area contributed by atoms with Crippen molar-refractivity contribution in [2.24, 2.45) is 22.2 Å². The summed E-state index contributed by atoms with van der Waals surface area (Å²) in [5.74, 6) is -0.0264. The van der Waals surface area contributed by atoms with Crippen molar-refractivity contribution < 1.29 is 31.8 Å². The minimum atomic E-state index is -4.81. The van der Waals surface area contributed by atoms with Crippen molar-refractivity contribution in [3.05, 3.63) is 0 Å². The van der Waals surface area contributed by atoms with Crippen LogP contribution in [0.25, 0.3) is 0 Å². The number of aliphatic imine (C=N–C) groups is 1. The van der Waals surface area contributed by atoms with Crippen LogP contribution in [-0.2, 0) is 19.3 Å². The fraction of sp³-hybridized carbons (Fsp3) is 0.800. The summed E-state index contributed by atoms with van der Waals surface area (Å²) in [5.41, 5.74) is 15.3. The Morgan fingerprint density at radius 2 is 2.20 bits per heavy atom. The van der Waals surface area contributed by atoms with E-state index in [9.17, 15) is 18.3 Å². The molecule has 25 heavy (non-hydrogen) atoms. The number of carbonyl (C=O) groups is 1. The second-order valence-electron chi connectivity index (χ2n) is 5.92. The highest BCUT2D eigenvalue weighted by molar-refractivity contribution is 7.80. The molecule has 2 fully saturated rings. The van der Waals surface area contributed by atoms with Crippen molar-refractivity contribution >= 4 is 22.5 Å². The Kier molecular flexibility index (Phi) is 4.26. The van der Waals surface area contributed by atoms with Crippen molar-refractivity contribution in [3.8, 4) is 0 Å². The first kappa shape index (κ1) is 18.1. The number of hydrogen-bond donors (Lipinski definition) is 7. The molecule has 6 atom stereocenters. The van der Waals surface area contributed by atoms with Crippen molar-refractivity contribution in [1.29, 1.82) is 0 Å². The van der Waals surface area contributed by atoms with Gasteiger partial charge in [-0.1, -0.05) is 0 Å². The van der Waals surface area contributed by atoms with Crippen molar-refractivity contribution in [2.45, 2.75) is 36.2 Å². The number of nitrogens with two attached hydrogens (primary N) is 3. The standard InChI is InChI=1S/C10H19N7O7S/c11-7-15-5-3(2-23-9(13)19)14-8(12)17-1-4(24-25(20,21)22)6(18)10(5,17)16-7/h3-6,8,14,18H,1-2,12H2,(H2,13,19)(H3,11,15,16)(H,20,21,22)/t3-,4-,5+,6+,8?,10-/m0/s1. The minimum Gasteiger partial charge on any atom is -0.448 e. The lowest BCUT2D eigenvalue weighted by molar-refractivity contribution is -0.0778. The van der Waals surface area contributed by atoms with Crippen LogP contribution in [0.15, 0.2) is 4.99 Å². The number of aliphatic hydroxyl groups is 1. The molecule has 2 saturated heterocycles. The van der Waals surface area contributed by atoms with E-state index in [0.717, 1.165) is 0 Å². The highest BCUT2D eigenvalue weighted by atomic mass is 32.3. The normalized spacial score (nSPS) is 40.8. The lowest BCUT2D eigenvalue weighted by Gasteiger charge is -2.50. The molecule has 15 heteroatoms. The van der Waals surface area contributed by atoms with Crippen LogP contribution >= 0.6 is 0 Å². The van der Waals surface area contributed by atoms with E-state index in [4.69, 9.17) is 26.5 Å². The van der Waals surface area contributed by atoms with E-state index in [2.05, 4.69) is 19.8 Å². The van der Waals surface area contributed by atoms with Crippen LogP contribution in [0.4, 0.5) is 4.79 Å². The average Bonchev–Trinajstić information content (AvgIpc) is 2.95. The maximum atomic E-state index is 11.0. The number of guanidine groups is 1. The molecule has 0 bridgehead atoms. The van der Waals surface area contributed by atoms with Gasteiger partial charge in [-0.15, -0.1) is 0 Å². The topological polar surface area (TPSA) is 228 Å². The molecule has 0 aromatic carbocycles.